The van der Waals surface area contributed by atoms with Gasteiger partial charge >= 0.3 is 0 Å². The summed E-state index contributed by atoms with van der Waals surface area (Å²) in [5, 5.41) is 20.0. The average Bonchev–Trinajstić information content (AvgIpc) is 2.35. The zero-order valence-electron chi connectivity index (χ0n) is 13.8. The van der Waals surface area contributed by atoms with E-state index in [1.807, 2.05) is 32.0 Å². The van der Waals surface area contributed by atoms with Crippen molar-refractivity contribution in [1.29, 1.82) is 0 Å². The van der Waals surface area contributed by atoms with Crippen molar-refractivity contribution in [2.45, 2.75) is 59.5 Å². The number of benzene rings is 1. The first kappa shape index (κ1) is 17.2. The third-order valence-corrected chi connectivity index (χ3v) is 5.63. The van der Waals surface area contributed by atoms with Crippen molar-refractivity contribution >= 4 is 0 Å². The van der Waals surface area contributed by atoms with Crippen LogP contribution >= 0.6 is 0 Å². The first-order chi connectivity index (χ1) is 9.05. The quantitative estimate of drug-likeness (QED) is 0.826. The van der Waals surface area contributed by atoms with Gasteiger partial charge in [-0.3, -0.25) is 0 Å². The van der Waals surface area contributed by atoms with Gasteiger partial charge in [-0.25, -0.2) is 0 Å². The minimum Gasteiger partial charge on any atom is -0.396 e. The van der Waals surface area contributed by atoms with Crippen LogP contribution in [0.1, 0.15) is 59.4 Å². The molecule has 0 saturated heterocycles. The van der Waals surface area contributed by atoms with E-state index in [0.717, 1.165) is 0 Å². The van der Waals surface area contributed by atoms with Gasteiger partial charge in [0.25, 0.3) is 0 Å². The van der Waals surface area contributed by atoms with E-state index in [0.29, 0.717) is 6.42 Å². The molecule has 1 atom stereocenters. The highest BCUT2D eigenvalue weighted by Gasteiger charge is 2.50. The highest BCUT2D eigenvalue weighted by Crippen LogP contribution is 2.54. The summed E-state index contributed by atoms with van der Waals surface area (Å²) in [5.74, 6) is 0.204. The van der Waals surface area contributed by atoms with Gasteiger partial charge in [-0.1, -0.05) is 58.0 Å². The molecular formula is C18H30O2. The lowest BCUT2D eigenvalue weighted by atomic mass is 9.53. The maximum Gasteiger partial charge on any atom is 0.0647 e. The predicted octanol–water partition coefficient (Wildman–Crippen LogP) is 3.98. The molecule has 0 radical (unpaired) electrons. The molecule has 20 heavy (non-hydrogen) atoms. The molecule has 0 spiro atoms. The Morgan fingerprint density at radius 1 is 0.950 bits per heavy atom. The Morgan fingerprint density at radius 2 is 1.45 bits per heavy atom. The van der Waals surface area contributed by atoms with E-state index in [1.165, 1.54) is 5.56 Å². The van der Waals surface area contributed by atoms with Gasteiger partial charge < -0.3 is 10.2 Å². The van der Waals surface area contributed by atoms with Gasteiger partial charge in [-0.2, -0.15) is 0 Å². The summed E-state index contributed by atoms with van der Waals surface area (Å²) in [4.78, 5) is 0. The summed E-state index contributed by atoms with van der Waals surface area (Å²) in [7, 11) is 0. The molecule has 0 heterocycles. The van der Waals surface area contributed by atoms with Gasteiger partial charge in [0.1, 0.15) is 0 Å². The maximum absolute atomic E-state index is 10.6. The summed E-state index contributed by atoms with van der Waals surface area (Å²) in [5.41, 5.74) is -0.0202. The van der Waals surface area contributed by atoms with Gasteiger partial charge in [0.05, 0.1) is 5.60 Å². The van der Waals surface area contributed by atoms with E-state index in [9.17, 15) is 10.2 Å². The lowest BCUT2D eigenvalue weighted by Gasteiger charge is -2.53. The van der Waals surface area contributed by atoms with E-state index in [1.54, 1.807) is 0 Å². The molecule has 0 aliphatic carbocycles. The molecular weight excluding hydrogens is 248 g/mol. The van der Waals surface area contributed by atoms with Crippen LogP contribution in [-0.2, 0) is 0 Å². The summed E-state index contributed by atoms with van der Waals surface area (Å²) in [6.45, 7) is 12.5. The number of aliphatic hydroxyl groups is 2. The second-order valence-electron chi connectivity index (χ2n) is 7.38. The Bertz CT molecular complexity index is 413. The van der Waals surface area contributed by atoms with E-state index in [4.69, 9.17) is 0 Å². The van der Waals surface area contributed by atoms with Crippen LogP contribution in [0.25, 0.3) is 0 Å². The van der Waals surface area contributed by atoms with Crippen LogP contribution in [0, 0.1) is 10.8 Å². The zero-order chi connectivity index (χ0) is 15.6. The summed E-state index contributed by atoms with van der Waals surface area (Å²) < 4.78 is 0. The number of hydrogen-bond acceptors (Lipinski definition) is 2. The predicted molar refractivity (Wildman–Crippen MR) is 84.7 cm³/mol. The van der Waals surface area contributed by atoms with Crippen molar-refractivity contribution in [3.05, 3.63) is 35.9 Å². The molecule has 2 N–H and O–H groups in total. The minimum absolute atomic E-state index is 0.157. The molecule has 0 fully saturated rings. The Morgan fingerprint density at radius 3 is 1.85 bits per heavy atom. The third-order valence-electron chi connectivity index (χ3n) is 5.63. The van der Waals surface area contributed by atoms with Gasteiger partial charge in [0.15, 0.2) is 0 Å². The molecule has 0 saturated carbocycles. The molecule has 2 heteroatoms. The normalized spacial score (nSPS) is 15.2. The molecule has 0 bridgehead atoms. The first-order valence-electron chi connectivity index (χ1n) is 7.44. The van der Waals surface area contributed by atoms with E-state index in [-0.39, 0.29) is 23.4 Å². The van der Waals surface area contributed by atoms with Crippen molar-refractivity contribution in [2.75, 3.05) is 6.61 Å². The average molecular weight is 278 g/mol. The second-order valence-corrected chi connectivity index (χ2v) is 7.38. The molecule has 1 aromatic carbocycles. The van der Waals surface area contributed by atoms with Gasteiger partial charge in [-0.05, 0) is 42.6 Å². The zero-order valence-corrected chi connectivity index (χ0v) is 13.8. The fourth-order valence-corrected chi connectivity index (χ4v) is 2.98. The molecule has 1 aromatic rings. The van der Waals surface area contributed by atoms with Crippen molar-refractivity contribution in [2.24, 2.45) is 10.8 Å². The van der Waals surface area contributed by atoms with Crippen LogP contribution in [0.15, 0.2) is 30.3 Å². The van der Waals surface area contributed by atoms with Crippen LogP contribution in [0.3, 0.4) is 0 Å². The highest BCUT2D eigenvalue weighted by molar-refractivity contribution is 5.23. The van der Waals surface area contributed by atoms with Crippen molar-refractivity contribution in [3.8, 4) is 0 Å². The molecule has 0 aliphatic rings. The second kappa shape index (κ2) is 5.87. The summed E-state index contributed by atoms with van der Waals surface area (Å²) in [6.07, 6.45) is 0.705. The van der Waals surface area contributed by atoms with E-state index < -0.39 is 5.60 Å². The van der Waals surface area contributed by atoms with Crippen LogP contribution in [0.2, 0.25) is 0 Å². The van der Waals surface area contributed by atoms with Crippen LogP contribution in [0.4, 0.5) is 0 Å². The van der Waals surface area contributed by atoms with E-state index >= 15 is 0 Å². The number of rotatable bonds is 6. The Kier molecular flexibility index (Phi) is 5.04. The fourth-order valence-electron chi connectivity index (χ4n) is 2.98. The largest absolute Gasteiger partial charge is 0.396 e. The van der Waals surface area contributed by atoms with Gasteiger partial charge in [-0.15, -0.1) is 0 Å². The topological polar surface area (TPSA) is 40.5 Å². The molecule has 0 aromatic heterocycles. The standard InChI is InChI=1S/C18H30O2/c1-16(2,17(3,4)18(5,6)20)15(12-13-19)14-10-8-7-9-11-14/h7-11,15,19-20H,12-13H2,1-6H3. The molecule has 0 aliphatic heterocycles. The Balaban J connectivity index is 3.26. The van der Waals surface area contributed by atoms with Gasteiger partial charge in [0, 0.05) is 6.61 Å². The van der Waals surface area contributed by atoms with Crippen molar-refractivity contribution in [1.82, 2.24) is 0 Å². The smallest absolute Gasteiger partial charge is 0.0647 e. The first-order valence-corrected chi connectivity index (χ1v) is 7.44. The van der Waals surface area contributed by atoms with Crippen molar-refractivity contribution in [3.63, 3.8) is 0 Å². The summed E-state index contributed by atoms with van der Waals surface area (Å²) in [6, 6.07) is 10.3. The minimum atomic E-state index is -0.793. The Labute approximate surface area is 123 Å². The fraction of sp³-hybridized carbons (Fsp3) is 0.667. The maximum atomic E-state index is 10.6. The Hall–Kier alpha value is -0.860. The highest BCUT2D eigenvalue weighted by atomic mass is 16.3. The number of aliphatic hydroxyl groups excluding tert-OH is 1. The lowest BCUT2D eigenvalue weighted by Crippen LogP contribution is -2.51. The monoisotopic (exact) mass is 278 g/mol. The van der Waals surface area contributed by atoms with Crippen LogP contribution in [0.5, 0.6) is 0 Å². The number of hydrogen-bond donors (Lipinski definition) is 2. The third kappa shape index (κ3) is 3.07. The molecule has 1 rings (SSSR count). The van der Waals surface area contributed by atoms with Crippen LogP contribution < -0.4 is 0 Å². The lowest BCUT2D eigenvalue weighted by molar-refractivity contribution is -0.112. The van der Waals surface area contributed by atoms with Crippen LogP contribution in [-0.4, -0.2) is 22.4 Å². The van der Waals surface area contributed by atoms with Crippen molar-refractivity contribution < 1.29 is 10.2 Å². The summed E-state index contributed by atoms with van der Waals surface area (Å²) >= 11 is 0. The molecule has 2 nitrogen and oxygen atoms in total. The SMILES string of the molecule is CC(C)(O)C(C)(C)C(C)(C)C(CCO)c1ccccc1. The molecule has 1 unspecified atom stereocenters. The molecule has 114 valence electrons. The van der Waals surface area contributed by atoms with E-state index in [2.05, 4.69) is 39.8 Å². The molecule has 0 amide bonds. The van der Waals surface area contributed by atoms with Gasteiger partial charge in [0.2, 0.25) is 0 Å².